The van der Waals surface area contributed by atoms with Crippen LogP contribution in [0, 0.1) is 5.41 Å². The summed E-state index contributed by atoms with van der Waals surface area (Å²) in [5.74, 6) is 1.90. The summed E-state index contributed by atoms with van der Waals surface area (Å²) in [5, 5.41) is 2.96. The Kier molecular flexibility index (Phi) is 7.47. The van der Waals surface area contributed by atoms with E-state index in [1.54, 1.807) is 19.2 Å². The van der Waals surface area contributed by atoms with Crippen LogP contribution < -0.4 is 20.5 Å². The molecule has 3 rings (SSSR count). The minimum atomic E-state index is -0.551. The summed E-state index contributed by atoms with van der Waals surface area (Å²) in [5.41, 5.74) is 6.04. The molecule has 1 aliphatic rings. The molecule has 0 aliphatic carbocycles. The van der Waals surface area contributed by atoms with Gasteiger partial charge in [0.15, 0.2) is 11.5 Å². The standard InChI is InChI=1S/C20H24N2O4.ClH/c1-24-17-4-2-3-5-18(17)26-16-8-6-15(7-9-16)22-19(23)20(14-21)10-12-25-13-11-20;/h2-9H,10-14,21H2,1H3,(H,22,23);1H. The summed E-state index contributed by atoms with van der Waals surface area (Å²) >= 11 is 0. The fraction of sp³-hybridized carbons (Fsp3) is 0.350. The maximum absolute atomic E-state index is 12.7. The van der Waals surface area contributed by atoms with Gasteiger partial charge in [0, 0.05) is 25.4 Å². The summed E-state index contributed by atoms with van der Waals surface area (Å²) in [6.45, 7) is 1.45. The van der Waals surface area contributed by atoms with Gasteiger partial charge in [-0.05, 0) is 49.2 Å². The zero-order valence-corrected chi connectivity index (χ0v) is 16.1. The zero-order valence-electron chi connectivity index (χ0n) is 15.3. The number of para-hydroxylation sites is 2. The number of halogens is 1. The van der Waals surface area contributed by atoms with E-state index >= 15 is 0 Å². The SMILES string of the molecule is COc1ccccc1Oc1ccc(NC(=O)C2(CN)CCOCC2)cc1.Cl. The molecule has 1 aliphatic heterocycles. The molecule has 7 heteroatoms. The van der Waals surface area contributed by atoms with Crippen molar-refractivity contribution in [2.24, 2.45) is 11.1 Å². The first-order chi connectivity index (χ1) is 12.7. The molecule has 0 saturated carbocycles. The van der Waals surface area contributed by atoms with Crippen LogP contribution in [0.4, 0.5) is 5.69 Å². The lowest BCUT2D eigenvalue weighted by Gasteiger charge is -2.34. The van der Waals surface area contributed by atoms with Gasteiger partial charge in [0.2, 0.25) is 5.91 Å². The predicted molar refractivity (Wildman–Crippen MR) is 107 cm³/mol. The number of benzene rings is 2. The van der Waals surface area contributed by atoms with Crippen LogP contribution in [0.25, 0.3) is 0 Å². The van der Waals surface area contributed by atoms with E-state index in [4.69, 9.17) is 19.9 Å². The Hall–Kier alpha value is -2.28. The van der Waals surface area contributed by atoms with Crippen LogP contribution in [0.3, 0.4) is 0 Å². The maximum atomic E-state index is 12.7. The second kappa shape index (κ2) is 9.60. The molecule has 0 bridgehead atoms. The molecule has 1 heterocycles. The number of hydrogen-bond donors (Lipinski definition) is 2. The van der Waals surface area contributed by atoms with Crippen LogP contribution in [-0.2, 0) is 9.53 Å². The average molecular weight is 393 g/mol. The molecule has 1 amide bonds. The highest BCUT2D eigenvalue weighted by Crippen LogP contribution is 2.33. The average Bonchev–Trinajstić information content (AvgIpc) is 2.70. The lowest BCUT2D eigenvalue weighted by molar-refractivity contribution is -0.130. The van der Waals surface area contributed by atoms with Gasteiger partial charge >= 0.3 is 0 Å². The van der Waals surface area contributed by atoms with Crippen molar-refractivity contribution in [2.45, 2.75) is 12.8 Å². The molecule has 27 heavy (non-hydrogen) atoms. The maximum Gasteiger partial charge on any atom is 0.232 e. The molecule has 0 aromatic heterocycles. The van der Waals surface area contributed by atoms with Crippen LogP contribution in [0.2, 0.25) is 0 Å². The molecule has 2 aromatic carbocycles. The summed E-state index contributed by atoms with van der Waals surface area (Å²) < 4.78 is 16.5. The fourth-order valence-electron chi connectivity index (χ4n) is 2.99. The monoisotopic (exact) mass is 392 g/mol. The molecule has 0 radical (unpaired) electrons. The normalized spacial score (nSPS) is 15.3. The van der Waals surface area contributed by atoms with Crippen molar-refractivity contribution in [3.8, 4) is 17.2 Å². The van der Waals surface area contributed by atoms with Gasteiger partial charge in [-0.3, -0.25) is 4.79 Å². The molecule has 3 N–H and O–H groups in total. The lowest BCUT2D eigenvalue weighted by Crippen LogP contribution is -2.46. The molecular formula is C20H25ClN2O4. The van der Waals surface area contributed by atoms with E-state index in [-0.39, 0.29) is 18.3 Å². The Morgan fingerprint density at radius 1 is 1.11 bits per heavy atom. The van der Waals surface area contributed by atoms with Crippen LogP contribution in [-0.4, -0.2) is 32.8 Å². The summed E-state index contributed by atoms with van der Waals surface area (Å²) in [7, 11) is 1.60. The molecule has 6 nitrogen and oxygen atoms in total. The third-order valence-electron chi connectivity index (χ3n) is 4.73. The van der Waals surface area contributed by atoms with Gasteiger partial charge in [0.1, 0.15) is 5.75 Å². The van der Waals surface area contributed by atoms with E-state index in [1.165, 1.54) is 0 Å². The number of nitrogens with two attached hydrogens (primary N) is 1. The Morgan fingerprint density at radius 3 is 2.33 bits per heavy atom. The molecule has 146 valence electrons. The first-order valence-corrected chi connectivity index (χ1v) is 8.67. The first kappa shape index (κ1) is 21.0. The number of rotatable bonds is 6. The van der Waals surface area contributed by atoms with Gasteiger partial charge in [-0.25, -0.2) is 0 Å². The van der Waals surface area contributed by atoms with Crippen LogP contribution >= 0.6 is 12.4 Å². The Balaban J connectivity index is 0.00000261. The van der Waals surface area contributed by atoms with Crippen molar-refractivity contribution in [3.05, 3.63) is 48.5 Å². The third kappa shape index (κ3) is 4.91. The van der Waals surface area contributed by atoms with Crippen molar-refractivity contribution >= 4 is 24.0 Å². The van der Waals surface area contributed by atoms with Crippen LogP contribution in [0.1, 0.15) is 12.8 Å². The van der Waals surface area contributed by atoms with E-state index in [9.17, 15) is 4.79 Å². The number of nitrogens with one attached hydrogen (secondary N) is 1. The third-order valence-corrected chi connectivity index (χ3v) is 4.73. The quantitative estimate of drug-likeness (QED) is 0.784. The van der Waals surface area contributed by atoms with E-state index in [2.05, 4.69) is 5.32 Å². The highest BCUT2D eigenvalue weighted by molar-refractivity contribution is 5.95. The number of anilines is 1. The molecule has 1 fully saturated rings. The minimum absolute atomic E-state index is 0. The van der Waals surface area contributed by atoms with Crippen molar-refractivity contribution in [1.29, 1.82) is 0 Å². The van der Waals surface area contributed by atoms with Crippen molar-refractivity contribution in [1.82, 2.24) is 0 Å². The second-order valence-corrected chi connectivity index (χ2v) is 6.33. The van der Waals surface area contributed by atoms with Gasteiger partial charge in [-0.2, -0.15) is 0 Å². The van der Waals surface area contributed by atoms with Crippen LogP contribution in [0.15, 0.2) is 48.5 Å². The number of hydrogen-bond acceptors (Lipinski definition) is 5. The highest BCUT2D eigenvalue weighted by atomic mass is 35.5. The number of carbonyl (C=O) groups is 1. The van der Waals surface area contributed by atoms with Crippen molar-refractivity contribution in [3.63, 3.8) is 0 Å². The van der Waals surface area contributed by atoms with Crippen LogP contribution in [0.5, 0.6) is 17.2 Å². The van der Waals surface area contributed by atoms with Gasteiger partial charge in [-0.15, -0.1) is 12.4 Å². The van der Waals surface area contributed by atoms with Gasteiger partial charge in [-0.1, -0.05) is 12.1 Å². The molecule has 2 aromatic rings. The number of ether oxygens (including phenoxy) is 3. The van der Waals surface area contributed by atoms with E-state index in [1.807, 2.05) is 36.4 Å². The number of amides is 1. The Bertz CT molecular complexity index is 746. The molecule has 0 spiro atoms. The number of methoxy groups -OCH3 is 1. The lowest BCUT2D eigenvalue weighted by atomic mass is 9.79. The predicted octanol–water partition coefficient (Wildman–Crippen LogP) is 3.60. The van der Waals surface area contributed by atoms with E-state index in [0.717, 1.165) is 0 Å². The van der Waals surface area contributed by atoms with Crippen molar-refractivity contribution in [2.75, 3.05) is 32.2 Å². The van der Waals surface area contributed by atoms with Gasteiger partial charge in [0.25, 0.3) is 0 Å². The molecule has 1 saturated heterocycles. The van der Waals surface area contributed by atoms with E-state index in [0.29, 0.717) is 55.5 Å². The zero-order chi connectivity index (χ0) is 18.4. The Labute approximate surface area is 165 Å². The number of carbonyl (C=O) groups excluding carboxylic acids is 1. The topological polar surface area (TPSA) is 82.8 Å². The van der Waals surface area contributed by atoms with Gasteiger partial charge in [0.05, 0.1) is 12.5 Å². The van der Waals surface area contributed by atoms with E-state index < -0.39 is 5.41 Å². The highest BCUT2D eigenvalue weighted by Gasteiger charge is 2.38. The molecular weight excluding hydrogens is 368 g/mol. The fourth-order valence-corrected chi connectivity index (χ4v) is 2.99. The van der Waals surface area contributed by atoms with Gasteiger partial charge < -0.3 is 25.3 Å². The van der Waals surface area contributed by atoms with Crippen molar-refractivity contribution < 1.29 is 19.0 Å². The second-order valence-electron chi connectivity index (χ2n) is 6.33. The largest absolute Gasteiger partial charge is 0.493 e. The summed E-state index contributed by atoms with van der Waals surface area (Å²) in [4.78, 5) is 12.7. The Morgan fingerprint density at radius 2 is 1.74 bits per heavy atom. The molecule has 0 atom stereocenters. The minimum Gasteiger partial charge on any atom is -0.493 e. The first-order valence-electron chi connectivity index (χ1n) is 8.67. The summed E-state index contributed by atoms with van der Waals surface area (Å²) in [6.07, 6.45) is 1.29. The smallest absolute Gasteiger partial charge is 0.232 e. The molecule has 0 unspecified atom stereocenters. The summed E-state index contributed by atoms with van der Waals surface area (Å²) in [6, 6.07) is 14.7.